The highest BCUT2D eigenvalue weighted by Crippen LogP contribution is 2.22. The number of carbonyl (C=O) groups is 3. The Balaban J connectivity index is 2.69. The van der Waals surface area contributed by atoms with Crippen molar-refractivity contribution in [3.63, 3.8) is 0 Å². The Morgan fingerprint density at radius 3 is 2.60 bits per heavy atom. The number of nitrogens with two attached hydrogens (primary N) is 1. The third kappa shape index (κ3) is 4.71. The van der Waals surface area contributed by atoms with Gasteiger partial charge in [0.2, 0.25) is 5.91 Å². The van der Waals surface area contributed by atoms with Gasteiger partial charge in [0.05, 0.1) is 0 Å². The minimum atomic E-state index is -0.854. The highest BCUT2D eigenvalue weighted by molar-refractivity contribution is 5.83. The van der Waals surface area contributed by atoms with Gasteiger partial charge in [0.15, 0.2) is 0 Å². The first-order chi connectivity index (χ1) is 9.45. The Bertz CT molecular complexity index is 373. The van der Waals surface area contributed by atoms with Gasteiger partial charge in [-0.15, -0.1) is 0 Å². The summed E-state index contributed by atoms with van der Waals surface area (Å²) in [5, 5.41) is 8.77. The highest BCUT2D eigenvalue weighted by Gasteiger charge is 2.30. The van der Waals surface area contributed by atoms with Crippen LogP contribution in [0.1, 0.15) is 39.0 Å². The number of primary amides is 1. The van der Waals surface area contributed by atoms with Crippen LogP contribution in [0, 0.1) is 0 Å². The molecule has 0 aromatic heterocycles. The van der Waals surface area contributed by atoms with Gasteiger partial charge in [-0.2, -0.15) is 0 Å². The quantitative estimate of drug-likeness (QED) is 0.747. The summed E-state index contributed by atoms with van der Waals surface area (Å²) in [4.78, 5) is 37.2. The van der Waals surface area contributed by atoms with Gasteiger partial charge in [0, 0.05) is 25.6 Å². The van der Waals surface area contributed by atoms with E-state index in [2.05, 4.69) is 0 Å². The van der Waals surface area contributed by atoms with Gasteiger partial charge in [0.1, 0.15) is 6.54 Å². The van der Waals surface area contributed by atoms with Crippen molar-refractivity contribution in [3.05, 3.63) is 0 Å². The lowest BCUT2D eigenvalue weighted by Crippen LogP contribution is -2.52. The average molecular weight is 285 g/mol. The number of carboxylic acids is 1. The lowest BCUT2D eigenvalue weighted by atomic mass is 9.98. The van der Waals surface area contributed by atoms with E-state index in [4.69, 9.17) is 10.8 Å². The van der Waals surface area contributed by atoms with E-state index in [1.807, 2.05) is 0 Å². The van der Waals surface area contributed by atoms with Crippen molar-refractivity contribution in [2.45, 2.75) is 45.1 Å². The van der Waals surface area contributed by atoms with Crippen LogP contribution in [0.5, 0.6) is 0 Å². The minimum Gasteiger partial charge on any atom is -0.481 e. The van der Waals surface area contributed by atoms with E-state index in [0.717, 1.165) is 19.3 Å². The average Bonchev–Trinajstić information content (AvgIpc) is 2.41. The first-order valence-electron chi connectivity index (χ1n) is 7.01. The fraction of sp³-hybridized carbons (Fsp3) is 0.769. The minimum absolute atomic E-state index is 0.0520. The molecule has 0 bridgehead atoms. The summed E-state index contributed by atoms with van der Waals surface area (Å²) in [6.45, 7) is 2.71. The van der Waals surface area contributed by atoms with Crippen molar-refractivity contribution in [3.8, 4) is 0 Å². The van der Waals surface area contributed by atoms with Crippen LogP contribution in [0.15, 0.2) is 0 Å². The number of hydrogen-bond acceptors (Lipinski definition) is 3. The first kappa shape index (κ1) is 16.3. The van der Waals surface area contributed by atoms with Gasteiger partial charge in [-0.25, -0.2) is 4.79 Å². The van der Waals surface area contributed by atoms with Crippen LogP contribution < -0.4 is 5.73 Å². The Kier molecular flexibility index (Phi) is 6.27. The van der Waals surface area contributed by atoms with E-state index in [1.54, 1.807) is 11.8 Å². The van der Waals surface area contributed by atoms with Crippen molar-refractivity contribution in [2.75, 3.05) is 19.6 Å². The number of nitrogens with zero attached hydrogens (tertiary/aromatic N) is 2. The molecule has 1 atom stereocenters. The molecule has 1 aliphatic heterocycles. The number of likely N-dealkylation sites (tertiary alicyclic amines) is 1. The van der Waals surface area contributed by atoms with E-state index >= 15 is 0 Å². The molecule has 0 aliphatic carbocycles. The third-order valence-corrected chi connectivity index (χ3v) is 3.56. The number of hydrogen-bond donors (Lipinski definition) is 2. The van der Waals surface area contributed by atoms with E-state index in [-0.39, 0.29) is 25.0 Å². The number of carbonyl (C=O) groups excluding carboxylic acids is 2. The number of aliphatic carboxylic acids is 1. The van der Waals surface area contributed by atoms with Gasteiger partial charge in [0.25, 0.3) is 0 Å². The molecule has 3 N–H and O–H groups in total. The standard InChI is InChI=1S/C13H23N3O4/c1-2-15(9-11(14)17)13(20)16-8-4-3-5-10(16)6-7-12(18)19/h10H,2-9H2,1H3,(H2,14,17)(H,18,19). The maximum absolute atomic E-state index is 12.4. The predicted octanol–water partition coefficient (Wildman–Crippen LogP) is 0.633. The molecule has 1 aliphatic rings. The maximum atomic E-state index is 12.4. The summed E-state index contributed by atoms with van der Waals surface area (Å²) >= 11 is 0. The maximum Gasteiger partial charge on any atom is 0.320 e. The summed E-state index contributed by atoms with van der Waals surface area (Å²) < 4.78 is 0. The summed E-state index contributed by atoms with van der Waals surface area (Å²) in [6.07, 6.45) is 3.22. The van der Waals surface area contributed by atoms with E-state index < -0.39 is 11.9 Å². The number of carboxylic acid groups (broad SMARTS) is 1. The van der Waals surface area contributed by atoms with Crippen LogP contribution >= 0.6 is 0 Å². The molecule has 1 rings (SSSR count). The van der Waals surface area contributed by atoms with E-state index in [9.17, 15) is 14.4 Å². The molecular weight excluding hydrogens is 262 g/mol. The van der Waals surface area contributed by atoms with Gasteiger partial charge >= 0.3 is 12.0 Å². The molecule has 0 spiro atoms. The smallest absolute Gasteiger partial charge is 0.320 e. The van der Waals surface area contributed by atoms with Crippen molar-refractivity contribution >= 4 is 17.9 Å². The summed E-state index contributed by atoms with van der Waals surface area (Å²) in [5.41, 5.74) is 5.14. The summed E-state index contributed by atoms with van der Waals surface area (Å²) in [5.74, 6) is -1.40. The number of rotatable bonds is 6. The fourth-order valence-electron chi connectivity index (χ4n) is 2.53. The second kappa shape index (κ2) is 7.72. The molecule has 20 heavy (non-hydrogen) atoms. The molecule has 7 nitrogen and oxygen atoms in total. The Morgan fingerprint density at radius 2 is 2.05 bits per heavy atom. The van der Waals surface area contributed by atoms with Gasteiger partial charge in [-0.1, -0.05) is 0 Å². The fourth-order valence-corrected chi connectivity index (χ4v) is 2.53. The molecule has 114 valence electrons. The zero-order chi connectivity index (χ0) is 15.1. The van der Waals surface area contributed by atoms with Crippen molar-refractivity contribution in [2.24, 2.45) is 5.73 Å². The van der Waals surface area contributed by atoms with Crippen LogP contribution in [-0.4, -0.2) is 58.5 Å². The number of urea groups is 1. The monoisotopic (exact) mass is 285 g/mol. The SMILES string of the molecule is CCN(CC(N)=O)C(=O)N1CCCCC1CCC(=O)O. The van der Waals surface area contributed by atoms with Crippen LogP contribution in [0.3, 0.4) is 0 Å². The first-order valence-corrected chi connectivity index (χ1v) is 7.01. The molecule has 1 saturated heterocycles. The molecule has 1 fully saturated rings. The van der Waals surface area contributed by atoms with Gasteiger partial charge < -0.3 is 20.6 Å². The molecule has 1 unspecified atom stereocenters. The molecule has 0 radical (unpaired) electrons. The van der Waals surface area contributed by atoms with Crippen LogP contribution in [0.2, 0.25) is 0 Å². The Morgan fingerprint density at radius 1 is 1.35 bits per heavy atom. The normalized spacial score (nSPS) is 18.6. The number of amides is 3. The lowest BCUT2D eigenvalue weighted by Gasteiger charge is -2.38. The van der Waals surface area contributed by atoms with Crippen molar-refractivity contribution in [1.82, 2.24) is 9.80 Å². The van der Waals surface area contributed by atoms with Crippen molar-refractivity contribution in [1.29, 1.82) is 0 Å². The molecule has 1 heterocycles. The molecular formula is C13H23N3O4. The molecule has 0 saturated carbocycles. The zero-order valence-corrected chi connectivity index (χ0v) is 11.9. The zero-order valence-electron chi connectivity index (χ0n) is 11.9. The second-order valence-corrected chi connectivity index (χ2v) is 5.04. The van der Waals surface area contributed by atoms with Gasteiger partial charge in [-0.3, -0.25) is 9.59 Å². The number of likely N-dealkylation sites (N-methyl/N-ethyl adjacent to an activating group) is 1. The third-order valence-electron chi connectivity index (χ3n) is 3.56. The molecule has 3 amide bonds. The molecule has 0 aromatic rings. The van der Waals surface area contributed by atoms with Gasteiger partial charge in [-0.05, 0) is 32.6 Å². The van der Waals surface area contributed by atoms with E-state index in [0.29, 0.717) is 19.5 Å². The summed E-state index contributed by atoms with van der Waals surface area (Å²) in [7, 11) is 0. The molecule has 7 heteroatoms. The molecule has 0 aromatic carbocycles. The van der Waals surface area contributed by atoms with E-state index in [1.165, 1.54) is 4.90 Å². The van der Waals surface area contributed by atoms with Crippen molar-refractivity contribution < 1.29 is 19.5 Å². The predicted molar refractivity (Wildman–Crippen MR) is 73.1 cm³/mol. The number of piperidine rings is 1. The Hall–Kier alpha value is -1.79. The second-order valence-electron chi connectivity index (χ2n) is 5.04. The van der Waals surface area contributed by atoms with Crippen LogP contribution in [0.4, 0.5) is 4.79 Å². The largest absolute Gasteiger partial charge is 0.481 e. The topological polar surface area (TPSA) is 104 Å². The van der Waals surface area contributed by atoms with Crippen LogP contribution in [-0.2, 0) is 9.59 Å². The Labute approximate surface area is 118 Å². The highest BCUT2D eigenvalue weighted by atomic mass is 16.4. The van der Waals surface area contributed by atoms with Crippen LogP contribution in [0.25, 0.3) is 0 Å². The summed E-state index contributed by atoms with van der Waals surface area (Å²) in [6, 6.07) is -0.282. The lowest BCUT2D eigenvalue weighted by molar-refractivity contribution is -0.137.